The molecule has 1 aliphatic carbocycles. The summed E-state index contributed by atoms with van der Waals surface area (Å²) in [6.45, 7) is 3.54. The number of rotatable bonds is 6. The van der Waals surface area contributed by atoms with E-state index in [0.717, 1.165) is 18.9 Å². The summed E-state index contributed by atoms with van der Waals surface area (Å²) in [5.41, 5.74) is 6.97. The second kappa shape index (κ2) is 6.20. The van der Waals surface area contributed by atoms with Crippen LogP contribution in [0, 0.1) is 17.8 Å². The van der Waals surface area contributed by atoms with Crippen molar-refractivity contribution in [3.05, 3.63) is 35.9 Å². The third kappa shape index (κ3) is 3.80. The van der Waals surface area contributed by atoms with Crippen LogP contribution in [0.4, 0.5) is 0 Å². The van der Waals surface area contributed by atoms with Gasteiger partial charge in [0, 0.05) is 20.1 Å². The molecule has 0 aliphatic heterocycles. The summed E-state index contributed by atoms with van der Waals surface area (Å²) in [6.07, 6.45) is 1.99. The van der Waals surface area contributed by atoms with E-state index in [1.54, 1.807) is 0 Å². The lowest BCUT2D eigenvalue weighted by molar-refractivity contribution is -0.134. The topological polar surface area (TPSA) is 46.3 Å². The van der Waals surface area contributed by atoms with E-state index in [-0.39, 0.29) is 11.8 Å². The van der Waals surface area contributed by atoms with Crippen molar-refractivity contribution < 1.29 is 4.79 Å². The van der Waals surface area contributed by atoms with Crippen molar-refractivity contribution in [2.45, 2.75) is 19.8 Å². The Balaban J connectivity index is 1.91. The van der Waals surface area contributed by atoms with Gasteiger partial charge in [0.05, 0.1) is 5.92 Å². The van der Waals surface area contributed by atoms with Crippen LogP contribution in [0.3, 0.4) is 0 Å². The van der Waals surface area contributed by atoms with Gasteiger partial charge in [-0.25, -0.2) is 0 Å². The molecule has 3 heteroatoms. The molecular formula is C16H24N2O. The molecule has 3 nitrogen and oxygen atoms in total. The molecule has 1 saturated carbocycles. The second-order valence-corrected chi connectivity index (χ2v) is 5.81. The molecule has 0 radical (unpaired) electrons. The van der Waals surface area contributed by atoms with Gasteiger partial charge < -0.3 is 10.6 Å². The van der Waals surface area contributed by atoms with Crippen molar-refractivity contribution in [2.24, 2.45) is 23.5 Å². The average Bonchev–Trinajstić information content (AvgIpc) is 3.11. The molecule has 0 aromatic heterocycles. The Kier molecular flexibility index (Phi) is 4.59. The van der Waals surface area contributed by atoms with Crippen LogP contribution in [-0.2, 0) is 11.2 Å². The van der Waals surface area contributed by atoms with Crippen LogP contribution >= 0.6 is 0 Å². The highest BCUT2D eigenvalue weighted by Crippen LogP contribution is 2.38. The molecule has 104 valence electrons. The maximum Gasteiger partial charge on any atom is 0.227 e. The predicted octanol–water partition coefficient (Wildman–Crippen LogP) is 1.92. The van der Waals surface area contributed by atoms with Gasteiger partial charge in [0.2, 0.25) is 5.91 Å². The second-order valence-electron chi connectivity index (χ2n) is 5.81. The first kappa shape index (κ1) is 14.1. The Hall–Kier alpha value is -1.35. The van der Waals surface area contributed by atoms with E-state index in [9.17, 15) is 4.79 Å². The van der Waals surface area contributed by atoms with E-state index in [0.29, 0.717) is 12.5 Å². The zero-order chi connectivity index (χ0) is 13.8. The maximum atomic E-state index is 12.4. The van der Waals surface area contributed by atoms with Gasteiger partial charge in [-0.15, -0.1) is 0 Å². The minimum atomic E-state index is -0.0959. The van der Waals surface area contributed by atoms with Crippen molar-refractivity contribution >= 4 is 5.91 Å². The molecule has 1 aromatic carbocycles. The number of nitrogens with two attached hydrogens (primary N) is 1. The summed E-state index contributed by atoms with van der Waals surface area (Å²) in [5, 5.41) is 0. The van der Waals surface area contributed by atoms with Crippen LogP contribution in [0.1, 0.15) is 18.9 Å². The Morgan fingerprint density at radius 3 is 2.58 bits per heavy atom. The molecular weight excluding hydrogens is 236 g/mol. The normalized spacial score (nSPS) is 22.9. The summed E-state index contributed by atoms with van der Waals surface area (Å²) in [6, 6.07) is 10.1. The number of carbonyl (C=O) groups is 1. The Bertz CT molecular complexity index is 418. The predicted molar refractivity (Wildman–Crippen MR) is 77.6 cm³/mol. The van der Waals surface area contributed by atoms with Gasteiger partial charge in [-0.2, -0.15) is 0 Å². The van der Waals surface area contributed by atoms with E-state index in [4.69, 9.17) is 5.73 Å². The number of benzene rings is 1. The lowest BCUT2D eigenvalue weighted by Crippen LogP contribution is -2.38. The summed E-state index contributed by atoms with van der Waals surface area (Å²) in [5.74, 6) is 1.57. The smallest absolute Gasteiger partial charge is 0.227 e. The monoisotopic (exact) mass is 260 g/mol. The minimum Gasteiger partial charge on any atom is -0.345 e. The van der Waals surface area contributed by atoms with E-state index in [1.165, 1.54) is 12.0 Å². The van der Waals surface area contributed by atoms with Crippen molar-refractivity contribution in [3.8, 4) is 0 Å². The van der Waals surface area contributed by atoms with E-state index < -0.39 is 0 Å². The summed E-state index contributed by atoms with van der Waals surface area (Å²) >= 11 is 0. The molecule has 3 unspecified atom stereocenters. The van der Waals surface area contributed by atoms with E-state index in [2.05, 4.69) is 19.1 Å². The third-order valence-corrected chi connectivity index (χ3v) is 4.12. The molecule has 1 aromatic rings. The zero-order valence-corrected chi connectivity index (χ0v) is 11.9. The van der Waals surface area contributed by atoms with Gasteiger partial charge >= 0.3 is 0 Å². The summed E-state index contributed by atoms with van der Waals surface area (Å²) in [7, 11) is 1.90. The highest BCUT2D eigenvalue weighted by Gasteiger charge is 2.35. The maximum absolute atomic E-state index is 12.4. The number of carbonyl (C=O) groups excluding carboxylic acids is 1. The number of hydrogen-bond donors (Lipinski definition) is 1. The van der Waals surface area contributed by atoms with Crippen LogP contribution in [0.25, 0.3) is 0 Å². The summed E-state index contributed by atoms with van der Waals surface area (Å²) in [4.78, 5) is 14.3. The minimum absolute atomic E-state index is 0.0959. The molecule has 0 spiro atoms. The fourth-order valence-corrected chi connectivity index (χ4v) is 2.58. The van der Waals surface area contributed by atoms with Gasteiger partial charge in [-0.1, -0.05) is 37.3 Å². The van der Waals surface area contributed by atoms with Crippen LogP contribution in [0.5, 0.6) is 0 Å². The van der Waals surface area contributed by atoms with Crippen LogP contribution < -0.4 is 5.73 Å². The number of amides is 1. The molecule has 3 atom stereocenters. The zero-order valence-electron chi connectivity index (χ0n) is 11.9. The number of nitrogens with zero attached hydrogens (tertiary/aromatic N) is 1. The first-order valence-corrected chi connectivity index (χ1v) is 7.10. The van der Waals surface area contributed by atoms with Crippen LogP contribution in [-0.4, -0.2) is 30.9 Å². The highest BCUT2D eigenvalue weighted by atomic mass is 16.2. The first-order chi connectivity index (χ1) is 9.11. The van der Waals surface area contributed by atoms with Crippen LogP contribution in [0.15, 0.2) is 30.3 Å². The fraction of sp³-hybridized carbons (Fsp3) is 0.562. The fourth-order valence-electron chi connectivity index (χ4n) is 2.58. The third-order valence-electron chi connectivity index (χ3n) is 4.12. The molecule has 2 rings (SSSR count). The summed E-state index contributed by atoms with van der Waals surface area (Å²) < 4.78 is 0. The van der Waals surface area contributed by atoms with Gasteiger partial charge in [-0.05, 0) is 30.2 Å². The first-order valence-electron chi connectivity index (χ1n) is 7.10. The van der Waals surface area contributed by atoms with Crippen molar-refractivity contribution in [3.63, 3.8) is 0 Å². The van der Waals surface area contributed by atoms with Gasteiger partial charge in [-0.3, -0.25) is 4.79 Å². The van der Waals surface area contributed by atoms with Crippen molar-refractivity contribution in [1.82, 2.24) is 4.90 Å². The SMILES string of the molecule is CC1CC1CN(C)C(=O)C(CN)Cc1ccccc1. The van der Waals surface area contributed by atoms with Crippen molar-refractivity contribution in [2.75, 3.05) is 20.1 Å². The Morgan fingerprint density at radius 1 is 1.42 bits per heavy atom. The molecule has 0 saturated heterocycles. The molecule has 1 amide bonds. The average molecular weight is 260 g/mol. The molecule has 19 heavy (non-hydrogen) atoms. The van der Waals surface area contributed by atoms with Crippen molar-refractivity contribution in [1.29, 1.82) is 0 Å². The molecule has 1 fully saturated rings. The lowest BCUT2D eigenvalue weighted by atomic mass is 9.98. The molecule has 0 bridgehead atoms. The highest BCUT2D eigenvalue weighted by molar-refractivity contribution is 5.79. The lowest BCUT2D eigenvalue weighted by Gasteiger charge is -2.23. The van der Waals surface area contributed by atoms with Crippen LogP contribution in [0.2, 0.25) is 0 Å². The number of hydrogen-bond acceptors (Lipinski definition) is 2. The molecule has 1 aliphatic rings. The molecule has 2 N–H and O–H groups in total. The van der Waals surface area contributed by atoms with Gasteiger partial charge in [0.25, 0.3) is 0 Å². The quantitative estimate of drug-likeness (QED) is 0.849. The van der Waals surface area contributed by atoms with E-state index in [1.807, 2.05) is 30.1 Å². The Morgan fingerprint density at radius 2 is 2.05 bits per heavy atom. The largest absolute Gasteiger partial charge is 0.345 e. The Labute approximate surface area is 115 Å². The van der Waals surface area contributed by atoms with Gasteiger partial charge in [0.1, 0.15) is 0 Å². The standard InChI is InChI=1S/C16H24N2O/c1-12-8-15(12)11-18(2)16(19)14(10-17)9-13-6-4-3-5-7-13/h3-7,12,14-15H,8-11,17H2,1-2H3. The molecule has 0 heterocycles. The van der Waals surface area contributed by atoms with E-state index >= 15 is 0 Å². The van der Waals surface area contributed by atoms with Gasteiger partial charge in [0.15, 0.2) is 0 Å².